The number of anilines is 1. The maximum absolute atomic E-state index is 12.7. The summed E-state index contributed by atoms with van der Waals surface area (Å²) in [4.78, 5) is 23.1. The number of carbonyl (C=O) groups is 2. The summed E-state index contributed by atoms with van der Waals surface area (Å²) >= 11 is 0. The Kier molecular flexibility index (Phi) is 7.11. The predicted molar refractivity (Wildman–Crippen MR) is 78.1 cm³/mol. The van der Waals surface area contributed by atoms with Crippen molar-refractivity contribution in [1.82, 2.24) is 5.32 Å². The van der Waals surface area contributed by atoms with Gasteiger partial charge >= 0.3 is 0 Å². The van der Waals surface area contributed by atoms with Gasteiger partial charge in [0, 0.05) is 30.5 Å². The Morgan fingerprint density at radius 2 is 1.86 bits per heavy atom. The Morgan fingerprint density at radius 3 is 2.48 bits per heavy atom. The summed E-state index contributed by atoms with van der Waals surface area (Å²) in [6.07, 6.45) is 3.51. The molecule has 0 aliphatic carbocycles. The minimum absolute atomic E-state index is 0.0746. The molecule has 1 atom stereocenters. The number of nitrogens with one attached hydrogen (secondary N) is 2. The van der Waals surface area contributed by atoms with Gasteiger partial charge in [0.05, 0.1) is 0 Å². The van der Waals surface area contributed by atoms with Crippen LogP contribution in [0.1, 0.15) is 19.8 Å². The summed E-state index contributed by atoms with van der Waals surface area (Å²) in [6.45, 7) is 1.90. The van der Waals surface area contributed by atoms with Gasteiger partial charge < -0.3 is 15.7 Å². The van der Waals surface area contributed by atoms with Crippen molar-refractivity contribution in [3.63, 3.8) is 0 Å². The summed E-state index contributed by atoms with van der Waals surface area (Å²) < 4.78 is 12.7. The van der Waals surface area contributed by atoms with Crippen LogP contribution >= 0.6 is 0 Å². The van der Waals surface area contributed by atoms with Crippen LogP contribution in [0.2, 0.25) is 0 Å². The van der Waals surface area contributed by atoms with Crippen LogP contribution in [-0.4, -0.2) is 29.6 Å². The van der Waals surface area contributed by atoms with E-state index in [0.29, 0.717) is 18.5 Å². The molecule has 1 rings (SSSR count). The summed E-state index contributed by atoms with van der Waals surface area (Å²) in [6, 6.07) is 5.24. The van der Waals surface area contributed by atoms with Crippen molar-refractivity contribution in [2.45, 2.75) is 25.8 Å². The molecular formula is C15H19FN2O3. The van der Waals surface area contributed by atoms with Crippen molar-refractivity contribution in [3.05, 3.63) is 42.2 Å². The standard InChI is InChI=1S/C15H19FN2O3/c1-11(3-2-10-19)17-14(20)8-9-15(21)18-13-6-4-12(16)5-7-13/h4-9,11,19H,2-3,10H2,1H3,(H,17,20)(H,18,21)/b9-8+. The molecule has 0 bridgehead atoms. The fraction of sp³-hybridized carbons (Fsp3) is 0.333. The van der Waals surface area contributed by atoms with Gasteiger partial charge in [0.15, 0.2) is 0 Å². The van der Waals surface area contributed by atoms with Crippen molar-refractivity contribution in [3.8, 4) is 0 Å². The monoisotopic (exact) mass is 294 g/mol. The van der Waals surface area contributed by atoms with E-state index >= 15 is 0 Å². The Bertz CT molecular complexity index is 500. The SMILES string of the molecule is CC(CCCO)NC(=O)/C=C/C(=O)Nc1ccc(F)cc1. The van der Waals surface area contributed by atoms with Crippen LogP contribution in [0.4, 0.5) is 10.1 Å². The average Bonchev–Trinajstić information content (AvgIpc) is 2.45. The van der Waals surface area contributed by atoms with E-state index in [2.05, 4.69) is 10.6 Å². The summed E-state index contributed by atoms with van der Waals surface area (Å²) in [5, 5.41) is 13.9. The van der Waals surface area contributed by atoms with E-state index in [1.54, 1.807) is 0 Å². The van der Waals surface area contributed by atoms with Crippen LogP contribution in [0.25, 0.3) is 0 Å². The highest BCUT2D eigenvalue weighted by Gasteiger charge is 2.05. The summed E-state index contributed by atoms with van der Waals surface area (Å²) in [5.74, 6) is -1.24. The molecule has 114 valence electrons. The van der Waals surface area contributed by atoms with Gasteiger partial charge in [0.2, 0.25) is 11.8 Å². The predicted octanol–water partition coefficient (Wildman–Crippen LogP) is 1.60. The maximum Gasteiger partial charge on any atom is 0.248 e. The molecule has 6 heteroatoms. The Hall–Kier alpha value is -2.21. The number of aliphatic hydroxyl groups is 1. The first-order valence-electron chi connectivity index (χ1n) is 6.67. The number of amides is 2. The smallest absolute Gasteiger partial charge is 0.248 e. The van der Waals surface area contributed by atoms with Crippen molar-refractivity contribution >= 4 is 17.5 Å². The van der Waals surface area contributed by atoms with Gasteiger partial charge in [-0.3, -0.25) is 9.59 Å². The molecule has 0 heterocycles. The minimum atomic E-state index is -0.472. The topological polar surface area (TPSA) is 78.4 Å². The normalized spacial score (nSPS) is 12.1. The molecule has 3 N–H and O–H groups in total. The van der Waals surface area contributed by atoms with Crippen LogP contribution in [0, 0.1) is 5.82 Å². The lowest BCUT2D eigenvalue weighted by Crippen LogP contribution is -2.31. The van der Waals surface area contributed by atoms with Gasteiger partial charge in [-0.1, -0.05) is 0 Å². The molecule has 0 aliphatic rings. The fourth-order valence-electron chi connectivity index (χ4n) is 1.63. The van der Waals surface area contributed by atoms with Crippen molar-refractivity contribution < 1.29 is 19.1 Å². The number of halogens is 1. The van der Waals surface area contributed by atoms with Gasteiger partial charge in [-0.25, -0.2) is 4.39 Å². The van der Waals surface area contributed by atoms with Crippen molar-refractivity contribution in [2.24, 2.45) is 0 Å². The maximum atomic E-state index is 12.7. The zero-order valence-electron chi connectivity index (χ0n) is 11.8. The molecule has 0 spiro atoms. The van der Waals surface area contributed by atoms with E-state index in [1.807, 2.05) is 6.92 Å². The first kappa shape index (κ1) is 16.8. The Balaban J connectivity index is 2.39. The van der Waals surface area contributed by atoms with Crippen LogP contribution < -0.4 is 10.6 Å². The van der Waals surface area contributed by atoms with E-state index in [-0.39, 0.29) is 24.4 Å². The van der Waals surface area contributed by atoms with E-state index in [1.165, 1.54) is 24.3 Å². The lowest BCUT2D eigenvalue weighted by atomic mass is 10.2. The molecule has 1 aromatic carbocycles. The summed E-state index contributed by atoms with van der Waals surface area (Å²) in [5.41, 5.74) is 0.447. The number of benzene rings is 1. The number of hydrogen-bond acceptors (Lipinski definition) is 3. The molecule has 5 nitrogen and oxygen atoms in total. The zero-order valence-corrected chi connectivity index (χ0v) is 11.8. The zero-order chi connectivity index (χ0) is 15.7. The molecular weight excluding hydrogens is 275 g/mol. The number of carbonyl (C=O) groups excluding carboxylic acids is 2. The van der Waals surface area contributed by atoms with E-state index in [4.69, 9.17) is 5.11 Å². The van der Waals surface area contributed by atoms with Crippen LogP contribution in [0.15, 0.2) is 36.4 Å². The quantitative estimate of drug-likeness (QED) is 0.668. The second kappa shape index (κ2) is 8.86. The first-order valence-corrected chi connectivity index (χ1v) is 6.67. The second-order valence-corrected chi connectivity index (χ2v) is 4.60. The Labute approximate surface area is 122 Å². The summed E-state index contributed by atoms with van der Waals surface area (Å²) in [7, 11) is 0. The van der Waals surface area contributed by atoms with Crippen LogP contribution in [0.5, 0.6) is 0 Å². The average molecular weight is 294 g/mol. The van der Waals surface area contributed by atoms with Crippen molar-refractivity contribution in [2.75, 3.05) is 11.9 Å². The number of hydrogen-bond donors (Lipinski definition) is 3. The van der Waals surface area contributed by atoms with Gasteiger partial charge in [-0.05, 0) is 44.0 Å². The first-order chi connectivity index (χ1) is 10.0. The Morgan fingerprint density at radius 1 is 1.24 bits per heavy atom. The molecule has 0 fully saturated rings. The highest BCUT2D eigenvalue weighted by atomic mass is 19.1. The van der Waals surface area contributed by atoms with Gasteiger partial charge in [0.25, 0.3) is 0 Å². The van der Waals surface area contributed by atoms with Gasteiger partial charge in [-0.2, -0.15) is 0 Å². The largest absolute Gasteiger partial charge is 0.396 e. The molecule has 0 aliphatic heterocycles. The fourth-order valence-corrected chi connectivity index (χ4v) is 1.63. The highest BCUT2D eigenvalue weighted by Crippen LogP contribution is 2.07. The van der Waals surface area contributed by atoms with Crippen molar-refractivity contribution in [1.29, 1.82) is 0 Å². The molecule has 1 unspecified atom stereocenters. The molecule has 2 amide bonds. The van der Waals surface area contributed by atoms with Crippen LogP contribution in [-0.2, 0) is 9.59 Å². The molecule has 0 radical (unpaired) electrons. The molecule has 21 heavy (non-hydrogen) atoms. The highest BCUT2D eigenvalue weighted by molar-refractivity contribution is 6.03. The van der Waals surface area contributed by atoms with Crippen LogP contribution in [0.3, 0.4) is 0 Å². The third-order valence-corrected chi connectivity index (χ3v) is 2.68. The molecule has 0 aromatic heterocycles. The minimum Gasteiger partial charge on any atom is -0.396 e. The van der Waals surface area contributed by atoms with E-state index < -0.39 is 5.91 Å². The lowest BCUT2D eigenvalue weighted by Gasteiger charge is -2.10. The number of rotatable bonds is 7. The molecule has 0 saturated carbocycles. The number of aliphatic hydroxyl groups excluding tert-OH is 1. The van der Waals surface area contributed by atoms with E-state index in [0.717, 1.165) is 12.2 Å². The van der Waals surface area contributed by atoms with E-state index in [9.17, 15) is 14.0 Å². The van der Waals surface area contributed by atoms with Gasteiger partial charge in [-0.15, -0.1) is 0 Å². The third kappa shape index (κ3) is 7.22. The molecule has 1 aromatic rings. The van der Waals surface area contributed by atoms with Gasteiger partial charge in [0.1, 0.15) is 5.82 Å². The molecule has 0 saturated heterocycles. The second-order valence-electron chi connectivity index (χ2n) is 4.60. The third-order valence-electron chi connectivity index (χ3n) is 2.68. The lowest BCUT2D eigenvalue weighted by molar-refractivity contribution is -0.117.